The third-order valence-electron chi connectivity index (χ3n) is 3.79. The lowest BCUT2D eigenvalue weighted by Crippen LogP contribution is -2.38. The molecule has 0 aliphatic carbocycles. The lowest BCUT2D eigenvalue weighted by molar-refractivity contribution is 0.0330. The molecule has 2 N–H and O–H groups in total. The van der Waals surface area contributed by atoms with Gasteiger partial charge >= 0.3 is 0 Å². The van der Waals surface area contributed by atoms with Gasteiger partial charge in [-0.3, -0.25) is 4.79 Å². The van der Waals surface area contributed by atoms with E-state index in [1.807, 2.05) is 22.9 Å². The van der Waals surface area contributed by atoms with Gasteiger partial charge in [-0.05, 0) is 36.8 Å². The number of imidazole rings is 1. The molecule has 1 unspecified atom stereocenters. The number of aliphatic hydroxyl groups is 1. The SMILES string of the molecule is CC(O)(CNC(=O)c1ccc(Cn2ccnc2)cc1)c1ccco1. The van der Waals surface area contributed by atoms with E-state index in [2.05, 4.69) is 10.3 Å². The summed E-state index contributed by atoms with van der Waals surface area (Å²) in [6.07, 6.45) is 6.85. The van der Waals surface area contributed by atoms with Crippen molar-refractivity contribution in [2.45, 2.75) is 19.1 Å². The summed E-state index contributed by atoms with van der Waals surface area (Å²) < 4.78 is 7.15. The number of nitrogens with one attached hydrogen (secondary N) is 1. The molecule has 24 heavy (non-hydrogen) atoms. The van der Waals surface area contributed by atoms with Gasteiger partial charge in [0, 0.05) is 24.5 Å². The smallest absolute Gasteiger partial charge is 0.251 e. The minimum Gasteiger partial charge on any atom is -0.466 e. The Kier molecular flexibility index (Phi) is 4.48. The van der Waals surface area contributed by atoms with Crippen LogP contribution in [0.1, 0.15) is 28.6 Å². The quantitative estimate of drug-likeness (QED) is 0.728. The summed E-state index contributed by atoms with van der Waals surface area (Å²) in [5.41, 5.74) is 0.368. The highest BCUT2D eigenvalue weighted by atomic mass is 16.4. The second-order valence-corrected chi connectivity index (χ2v) is 5.87. The molecule has 2 aromatic heterocycles. The Bertz CT molecular complexity index is 776. The molecule has 0 spiro atoms. The maximum Gasteiger partial charge on any atom is 0.251 e. The molecule has 0 fully saturated rings. The number of benzene rings is 1. The Hall–Kier alpha value is -2.86. The molecule has 1 aromatic carbocycles. The van der Waals surface area contributed by atoms with Crippen LogP contribution in [0.3, 0.4) is 0 Å². The highest BCUT2D eigenvalue weighted by Gasteiger charge is 2.26. The molecule has 0 radical (unpaired) electrons. The van der Waals surface area contributed by atoms with E-state index < -0.39 is 5.60 Å². The van der Waals surface area contributed by atoms with Gasteiger partial charge in [-0.15, -0.1) is 0 Å². The Balaban J connectivity index is 1.59. The van der Waals surface area contributed by atoms with Gasteiger partial charge < -0.3 is 19.4 Å². The van der Waals surface area contributed by atoms with Crippen molar-refractivity contribution in [1.82, 2.24) is 14.9 Å². The molecule has 0 saturated carbocycles. The van der Waals surface area contributed by atoms with E-state index in [1.54, 1.807) is 43.7 Å². The van der Waals surface area contributed by atoms with E-state index >= 15 is 0 Å². The maximum absolute atomic E-state index is 12.2. The Morgan fingerprint density at radius 3 is 2.75 bits per heavy atom. The first-order valence-electron chi connectivity index (χ1n) is 7.64. The van der Waals surface area contributed by atoms with Crippen LogP contribution in [0.15, 0.2) is 65.8 Å². The van der Waals surface area contributed by atoms with Crippen LogP contribution in [-0.4, -0.2) is 27.1 Å². The Morgan fingerprint density at radius 1 is 1.33 bits per heavy atom. The van der Waals surface area contributed by atoms with Crippen molar-refractivity contribution in [3.63, 3.8) is 0 Å². The first-order valence-corrected chi connectivity index (χ1v) is 7.64. The topological polar surface area (TPSA) is 80.3 Å². The fraction of sp³-hybridized carbons (Fsp3) is 0.222. The number of aromatic nitrogens is 2. The minimum atomic E-state index is -1.25. The van der Waals surface area contributed by atoms with Gasteiger partial charge in [-0.2, -0.15) is 0 Å². The molecule has 6 heteroatoms. The predicted molar refractivity (Wildman–Crippen MR) is 88.4 cm³/mol. The Morgan fingerprint density at radius 2 is 2.12 bits per heavy atom. The van der Waals surface area contributed by atoms with E-state index in [9.17, 15) is 9.90 Å². The molecule has 2 heterocycles. The summed E-state index contributed by atoms with van der Waals surface area (Å²) in [5.74, 6) is 0.175. The number of carbonyl (C=O) groups is 1. The monoisotopic (exact) mass is 325 g/mol. The molecule has 3 aromatic rings. The van der Waals surface area contributed by atoms with Gasteiger partial charge in [0.2, 0.25) is 0 Å². The lowest BCUT2D eigenvalue weighted by Gasteiger charge is -2.21. The fourth-order valence-electron chi connectivity index (χ4n) is 2.38. The van der Waals surface area contributed by atoms with Crippen molar-refractivity contribution in [3.05, 3.63) is 78.3 Å². The number of amides is 1. The number of hydrogen-bond donors (Lipinski definition) is 2. The second-order valence-electron chi connectivity index (χ2n) is 5.87. The van der Waals surface area contributed by atoms with Crippen molar-refractivity contribution in [1.29, 1.82) is 0 Å². The van der Waals surface area contributed by atoms with E-state index in [4.69, 9.17) is 4.42 Å². The molecule has 0 saturated heterocycles. The lowest BCUT2D eigenvalue weighted by atomic mass is 10.0. The van der Waals surface area contributed by atoms with Crippen LogP contribution in [-0.2, 0) is 12.1 Å². The van der Waals surface area contributed by atoms with Gasteiger partial charge in [-0.1, -0.05) is 12.1 Å². The summed E-state index contributed by atoms with van der Waals surface area (Å²) in [6, 6.07) is 10.7. The summed E-state index contributed by atoms with van der Waals surface area (Å²) in [6.45, 7) is 2.37. The van der Waals surface area contributed by atoms with Gasteiger partial charge in [0.1, 0.15) is 11.4 Å². The molecule has 0 aliphatic heterocycles. The van der Waals surface area contributed by atoms with Crippen LogP contribution >= 0.6 is 0 Å². The van der Waals surface area contributed by atoms with E-state index in [0.717, 1.165) is 5.56 Å². The Labute approximate surface area is 139 Å². The van der Waals surface area contributed by atoms with Gasteiger partial charge in [0.15, 0.2) is 0 Å². The fourth-order valence-corrected chi connectivity index (χ4v) is 2.38. The van der Waals surface area contributed by atoms with Gasteiger partial charge in [0.05, 0.1) is 19.1 Å². The normalized spacial score (nSPS) is 13.4. The molecular formula is C18H19N3O3. The van der Waals surface area contributed by atoms with E-state index in [1.165, 1.54) is 6.26 Å². The number of furan rings is 1. The highest BCUT2D eigenvalue weighted by Crippen LogP contribution is 2.20. The third-order valence-corrected chi connectivity index (χ3v) is 3.79. The van der Waals surface area contributed by atoms with E-state index in [-0.39, 0.29) is 12.5 Å². The largest absolute Gasteiger partial charge is 0.466 e. The van der Waals surface area contributed by atoms with Crippen molar-refractivity contribution >= 4 is 5.91 Å². The molecule has 3 rings (SSSR count). The van der Waals surface area contributed by atoms with Crippen LogP contribution in [0.5, 0.6) is 0 Å². The van der Waals surface area contributed by atoms with Crippen LogP contribution in [0.4, 0.5) is 0 Å². The number of nitrogens with zero attached hydrogens (tertiary/aromatic N) is 2. The second kappa shape index (κ2) is 6.72. The van der Waals surface area contributed by atoms with Crippen LogP contribution in [0, 0.1) is 0 Å². The van der Waals surface area contributed by atoms with Crippen molar-refractivity contribution < 1.29 is 14.3 Å². The molecule has 1 atom stereocenters. The maximum atomic E-state index is 12.2. The van der Waals surface area contributed by atoms with Crippen molar-refractivity contribution in [3.8, 4) is 0 Å². The van der Waals surface area contributed by atoms with Crippen molar-refractivity contribution in [2.24, 2.45) is 0 Å². The average molecular weight is 325 g/mol. The molecule has 124 valence electrons. The number of rotatable bonds is 6. The van der Waals surface area contributed by atoms with Crippen LogP contribution < -0.4 is 5.32 Å². The van der Waals surface area contributed by atoms with Gasteiger partial charge in [-0.25, -0.2) is 4.98 Å². The van der Waals surface area contributed by atoms with Gasteiger partial charge in [0.25, 0.3) is 5.91 Å². The average Bonchev–Trinajstić information content (AvgIpc) is 3.27. The molecular weight excluding hydrogens is 306 g/mol. The number of carbonyl (C=O) groups excluding carboxylic acids is 1. The number of hydrogen-bond acceptors (Lipinski definition) is 4. The molecule has 0 aliphatic rings. The molecule has 6 nitrogen and oxygen atoms in total. The van der Waals surface area contributed by atoms with Crippen LogP contribution in [0.25, 0.3) is 0 Å². The summed E-state index contributed by atoms with van der Waals surface area (Å²) in [7, 11) is 0. The minimum absolute atomic E-state index is 0.0656. The predicted octanol–water partition coefficient (Wildman–Crippen LogP) is 2.16. The summed E-state index contributed by atoms with van der Waals surface area (Å²) in [4.78, 5) is 16.2. The molecule has 0 bridgehead atoms. The zero-order valence-corrected chi connectivity index (χ0v) is 13.3. The summed E-state index contributed by atoms with van der Waals surface area (Å²) >= 11 is 0. The zero-order valence-electron chi connectivity index (χ0n) is 13.3. The first kappa shape index (κ1) is 16.0. The van der Waals surface area contributed by atoms with Crippen LogP contribution in [0.2, 0.25) is 0 Å². The third kappa shape index (κ3) is 3.72. The highest BCUT2D eigenvalue weighted by molar-refractivity contribution is 5.94. The van der Waals surface area contributed by atoms with E-state index in [0.29, 0.717) is 17.9 Å². The van der Waals surface area contributed by atoms with Crippen molar-refractivity contribution in [2.75, 3.05) is 6.54 Å². The summed E-state index contributed by atoms with van der Waals surface area (Å²) in [5, 5.41) is 13.1. The standard InChI is InChI=1S/C18H19N3O3/c1-18(23,16-3-2-10-24-16)12-20-17(22)15-6-4-14(5-7-15)11-21-9-8-19-13-21/h2-10,13,23H,11-12H2,1H3,(H,20,22). The molecule has 1 amide bonds. The first-order chi connectivity index (χ1) is 11.5. The zero-order chi connectivity index (χ0) is 17.0.